The maximum Gasteiger partial charge on any atom is 0.142 e. The number of anilines is 2. The van der Waals surface area contributed by atoms with Gasteiger partial charge < -0.3 is 5.32 Å². The molecule has 4 heteroatoms. The van der Waals surface area contributed by atoms with Gasteiger partial charge in [-0.15, -0.1) is 11.3 Å². The molecule has 0 saturated heterocycles. The van der Waals surface area contributed by atoms with Gasteiger partial charge in [0, 0.05) is 10.6 Å². The van der Waals surface area contributed by atoms with Crippen LogP contribution in [0.3, 0.4) is 0 Å². The second-order valence-electron chi connectivity index (χ2n) is 7.12. The van der Waals surface area contributed by atoms with Crippen molar-refractivity contribution in [2.75, 3.05) is 5.32 Å². The number of aromatic nitrogens is 2. The summed E-state index contributed by atoms with van der Waals surface area (Å²) in [5.41, 5.74) is 3.94. The molecule has 124 valence electrons. The SMILES string of the molecule is CC1CCc2c(sc3ncnc(Nc4ccccc4C(C)C)c23)C1. The summed E-state index contributed by atoms with van der Waals surface area (Å²) in [5, 5.41) is 4.84. The van der Waals surface area contributed by atoms with Crippen molar-refractivity contribution in [2.24, 2.45) is 5.92 Å². The molecule has 1 aliphatic carbocycles. The van der Waals surface area contributed by atoms with E-state index in [-0.39, 0.29) is 0 Å². The number of hydrogen-bond donors (Lipinski definition) is 1. The minimum absolute atomic E-state index is 0.475. The lowest BCUT2D eigenvalue weighted by Crippen LogP contribution is -2.09. The molecule has 1 unspecified atom stereocenters. The zero-order valence-electron chi connectivity index (χ0n) is 14.5. The topological polar surface area (TPSA) is 37.8 Å². The van der Waals surface area contributed by atoms with E-state index >= 15 is 0 Å². The first-order chi connectivity index (χ1) is 11.6. The van der Waals surface area contributed by atoms with E-state index in [9.17, 15) is 0 Å². The number of aryl methyl sites for hydroxylation is 1. The summed E-state index contributed by atoms with van der Waals surface area (Å²) in [7, 11) is 0. The molecular formula is C20H23N3S. The van der Waals surface area contributed by atoms with Crippen LogP contribution in [0.5, 0.6) is 0 Å². The van der Waals surface area contributed by atoms with E-state index in [1.165, 1.54) is 34.2 Å². The van der Waals surface area contributed by atoms with Crippen LogP contribution in [0, 0.1) is 5.92 Å². The largest absolute Gasteiger partial charge is 0.339 e. The summed E-state index contributed by atoms with van der Waals surface area (Å²) in [6.07, 6.45) is 5.27. The van der Waals surface area contributed by atoms with Gasteiger partial charge in [0.25, 0.3) is 0 Å². The molecule has 0 fully saturated rings. The lowest BCUT2D eigenvalue weighted by Gasteiger charge is -2.19. The van der Waals surface area contributed by atoms with Crippen LogP contribution < -0.4 is 5.32 Å². The van der Waals surface area contributed by atoms with Crippen molar-refractivity contribution >= 4 is 33.1 Å². The van der Waals surface area contributed by atoms with Gasteiger partial charge in [-0.3, -0.25) is 0 Å². The average molecular weight is 337 g/mol. The molecule has 24 heavy (non-hydrogen) atoms. The normalized spacial score (nSPS) is 17.2. The van der Waals surface area contributed by atoms with Gasteiger partial charge in [-0.25, -0.2) is 9.97 Å². The summed E-state index contributed by atoms with van der Waals surface area (Å²) in [6, 6.07) is 8.52. The number of para-hydroxylation sites is 1. The highest BCUT2D eigenvalue weighted by molar-refractivity contribution is 7.19. The van der Waals surface area contributed by atoms with Crippen LogP contribution in [0.25, 0.3) is 10.2 Å². The Morgan fingerprint density at radius 3 is 2.88 bits per heavy atom. The van der Waals surface area contributed by atoms with E-state index in [1.807, 2.05) is 11.3 Å². The molecule has 0 bridgehead atoms. The number of thiophene rings is 1. The maximum atomic E-state index is 4.59. The Balaban J connectivity index is 1.81. The number of rotatable bonds is 3. The van der Waals surface area contributed by atoms with Gasteiger partial charge in [-0.05, 0) is 48.3 Å². The fourth-order valence-electron chi connectivity index (χ4n) is 3.61. The van der Waals surface area contributed by atoms with Crippen molar-refractivity contribution in [1.82, 2.24) is 9.97 Å². The molecule has 1 aromatic carbocycles. The highest BCUT2D eigenvalue weighted by Crippen LogP contribution is 2.40. The minimum Gasteiger partial charge on any atom is -0.339 e. The van der Waals surface area contributed by atoms with E-state index in [0.717, 1.165) is 28.7 Å². The van der Waals surface area contributed by atoms with E-state index < -0.39 is 0 Å². The Kier molecular flexibility index (Phi) is 4.01. The molecule has 2 aromatic heterocycles. The van der Waals surface area contributed by atoms with Crippen molar-refractivity contribution in [3.05, 3.63) is 46.6 Å². The number of hydrogen-bond acceptors (Lipinski definition) is 4. The van der Waals surface area contributed by atoms with Gasteiger partial charge in [-0.1, -0.05) is 39.0 Å². The highest BCUT2D eigenvalue weighted by Gasteiger charge is 2.23. The van der Waals surface area contributed by atoms with E-state index in [0.29, 0.717) is 5.92 Å². The predicted molar refractivity (Wildman–Crippen MR) is 102 cm³/mol. The van der Waals surface area contributed by atoms with E-state index in [4.69, 9.17) is 0 Å². The fourth-order valence-corrected chi connectivity index (χ4v) is 4.96. The summed E-state index contributed by atoms with van der Waals surface area (Å²) >= 11 is 1.85. The third kappa shape index (κ3) is 2.69. The van der Waals surface area contributed by atoms with Gasteiger partial charge in [0.15, 0.2) is 0 Å². The van der Waals surface area contributed by atoms with Crippen molar-refractivity contribution in [1.29, 1.82) is 0 Å². The van der Waals surface area contributed by atoms with Gasteiger partial charge >= 0.3 is 0 Å². The third-order valence-corrected chi connectivity index (χ3v) is 6.09. The summed E-state index contributed by atoms with van der Waals surface area (Å²) in [4.78, 5) is 11.7. The van der Waals surface area contributed by atoms with Crippen LogP contribution in [-0.4, -0.2) is 9.97 Å². The Labute approximate surface area is 147 Å². The molecule has 1 atom stereocenters. The number of nitrogens with zero attached hydrogens (tertiary/aromatic N) is 2. The van der Waals surface area contributed by atoms with Crippen molar-refractivity contribution < 1.29 is 0 Å². The van der Waals surface area contributed by atoms with Gasteiger partial charge in [0.1, 0.15) is 17.0 Å². The van der Waals surface area contributed by atoms with Crippen LogP contribution >= 0.6 is 11.3 Å². The monoisotopic (exact) mass is 337 g/mol. The molecule has 0 amide bonds. The Bertz CT molecular complexity index is 882. The number of fused-ring (bicyclic) bond motifs is 3. The third-order valence-electron chi connectivity index (χ3n) is 4.93. The maximum absolute atomic E-state index is 4.59. The fraction of sp³-hybridized carbons (Fsp3) is 0.400. The lowest BCUT2D eigenvalue weighted by atomic mass is 9.89. The van der Waals surface area contributed by atoms with Crippen LogP contribution in [0.15, 0.2) is 30.6 Å². The molecule has 0 aliphatic heterocycles. The van der Waals surface area contributed by atoms with E-state index in [1.54, 1.807) is 6.33 Å². The molecule has 3 aromatic rings. The first-order valence-corrected chi connectivity index (χ1v) is 9.56. The molecule has 0 radical (unpaired) electrons. The Morgan fingerprint density at radius 2 is 2.04 bits per heavy atom. The quantitative estimate of drug-likeness (QED) is 0.668. The van der Waals surface area contributed by atoms with Crippen molar-refractivity contribution in [2.45, 2.75) is 46.0 Å². The first-order valence-electron chi connectivity index (χ1n) is 8.74. The molecule has 0 spiro atoms. The Hall–Kier alpha value is -1.94. The van der Waals surface area contributed by atoms with Crippen molar-refractivity contribution in [3.63, 3.8) is 0 Å². The molecule has 1 N–H and O–H groups in total. The number of nitrogens with one attached hydrogen (secondary N) is 1. The second kappa shape index (κ2) is 6.17. The van der Waals surface area contributed by atoms with Gasteiger partial charge in [-0.2, -0.15) is 0 Å². The minimum atomic E-state index is 0.475. The van der Waals surface area contributed by atoms with Gasteiger partial charge in [0.2, 0.25) is 0 Å². The number of benzene rings is 1. The second-order valence-corrected chi connectivity index (χ2v) is 8.20. The molecule has 4 rings (SSSR count). The average Bonchev–Trinajstić information content (AvgIpc) is 2.93. The Morgan fingerprint density at radius 1 is 1.21 bits per heavy atom. The zero-order valence-corrected chi connectivity index (χ0v) is 15.3. The van der Waals surface area contributed by atoms with Gasteiger partial charge in [0.05, 0.1) is 5.39 Å². The summed E-state index contributed by atoms with van der Waals surface area (Å²) < 4.78 is 0. The standard InChI is InChI=1S/C20H23N3S/c1-12(2)14-6-4-5-7-16(14)23-19-18-15-9-8-13(3)10-17(15)24-20(18)22-11-21-19/h4-7,11-13H,8-10H2,1-3H3,(H,21,22,23). The van der Waals surface area contributed by atoms with Crippen LogP contribution in [0.1, 0.15) is 49.1 Å². The molecule has 2 heterocycles. The molecule has 0 saturated carbocycles. The summed E-state index contributed by atoms with van der Waals surface area (Å²) in [6.45, 7) is 6.80. The van der Waals surface area contributed by atoms with Crippen LogP contribution in [-0.2, 0) is 12.8 Å². The predicted octanol–water partition coefficient (Wildman–Crippen LogP) is 5.68. The summed E-state index contributed by atoms with van der Waals surface area (Å²) in [5.74, 6) is 2.21. The smallest absolute Gasteiger partial charge is 0.142 e. The van der Waals surface area contributed by atoms with Crippen LogP contribution in [0.4, 0.5) is 11.5 Å². The van der Waals surface area contributed by atoms with Crippen molar-refractivity contribution in [3.8, 4) is 0 Å². The lowest BCUT2D eigenvalue weighted by molar-refractivity contribution is 0.509. The zero-order chi connectivity index (χ0) is 16.7. The molecular weight excluding hydrogens is 314 g/mol. The molecule has 1 aliphatic rings. The molecule has 3 nitrogen and oxygen atoms in total. The first kappa shape index (κ1) is 15.6. The van der Waals surface area contributed by atoms with Crippen LogP contribution in [0.2, 0.25) is 0 Å². The van der Waals surface area contributed by atoms with E-state index in [2.05, 4.69) is 60.3 Å². The highest BCUT2D eigenvalue weighted by atomic mass is 32.1.